The second-order valence-electron chi connectivity index (χ2n) is 11.1. The van der Waals surface area contributed by atoms with E-state index in [1.165, 1.54) is 17.1 Å². The summed E-state index contributed by atoms with van der Waals surface area (Å²) >= 11 is 0. The van der Waals surface area contributed by atoms with Crippen LogP contribution in [-0.2, 0) is 16.4 Å². The summed E-state index contributed by atoms with van der Waals surface area (Å²) in [5.41, 5.74) is 9.09. The molecule has 5 rings (SSSR count). The Morgan fingerprint density at radius 3 is 2.62 bits per heavy atom. The Kier molecular flexibility index (Phi) is 6.34. The minimum absolute atomic E-state index is 0.0252. The second-order valence-corrected chi connectivity index (χ2v) is 13.4. The van der Waals surface area contributed by atoms with Crippen molar-refractivity contribution in [2.75, 3.05) is 30.7 Å². The number of rotatable bonds is 8. The molecule has 2 aromatic rings. The quantitative estimate of drug-likeness (QED) is 0.541. The molecule has 2 amide bonds. The van der Waals surface area contributed by atoms with Gasteiger partial charge in [0.25, 0.3) is 11.8 Å². The standard InChI is InChI=1S/C26H36N6O4S/c1-5-37(35,36)30-11-10-18(15-30)28-21-12-19(8-9-20(21)24(27)33)32-22-13-26(3,4)31(14-17-6-7-17)25(34)23(22)16(2)29-32/h8-9,12,17-18,28H,5-7,10-11,13-15H2,1-4H3,(H2,27,33). The van der Waals surface area contributed by atoms with Crippen molar-refractivity contribution in [3.8, 4) is 5.69 Å². The molecule has 200 valence electrons. The molecule has 0 bridgehead atoms. The first-order valence-electron chi connectivity index (χ1n) is 13.0. The number of nitrogens with zero attached hydrogens (tertiary/aromatic N) is 4. The summed E-state index contributed by atoms with van der Waals surface area (Å²) in [6.07, 6.45) is 3.64. The van der Waals surface area contributed by atoms with Gasteiger partial charge in [0, 0.05) is 43.3 Å². The maximum Gasteiger partial charge on any atom is 0.258 e. The summed E-state index contributed by atoms with van der Waals surface area (Å²) in [6.45, 7) is 9.23. The molecule has 1 unspecified atom stereocenters. The van der Waals surface area contributed by atoms with Gasteiger partial charge in [-0.2, -0.15) is 9.40 Å². The van der Waals surface area contributed by atoms with Crippen LogP contribution in [0.5, 0.6) is 0 Å². The lowest BCUT2D eigenvalue weighted by Gasteiger charge is -2.42. The molecule has 1 aliphatic carbocycles. The molecule has 1 saturated carbocycles. The van der Waals surface area contributed by atoms with E-state index in [1.54, 1.807) is 23.7 Å². The van der Waals surface area contributed by atoms with Crippen molar-refractivity contribution in [1.82, 2.24) is 19.0 Å². The first-order valence-corrected chi connectivity index (χ1v) is 14.6. The van der Waals surface area contributed by atoms with E-state index in [2.05, 4.69) is 19.2 Å². The van der Waals surface area contributed by atoms with Gasteiger partial charge in [0.1, 0.15) is 0 Å². The Bertz CT molecular complexity index is 1360. The van der Waals surface area contributed by atoms with E-state index in [4.69, 9.17) is 10.8 Å². The number of aromatic nitrogens is 2. The molecule has 37 heavy (non-hydrogen) atoms. The van der Waals surface area contributed by atoms with Gasteiger partial charge in [0.15, 0.2) is 0 Å². The van der Waals surface area contributed by atoms with Gasteiger partial charge in [-0.05, 0) is 71.1 Å². The number of sulfonamides is 1. The molecule has 3 N–H and O–H groups in total. The molecule has 2 aliphatic heterocycles. The minimum atomic E-state index is -3.28. The SMILES string of the molecule is CCS(=O)(=O)N1CCC(Nc2cc(-n3nc(C)c4c3CC(C)(C)N(CC3CC3)C4=O)ccc2C(N)=O)C1. The molecule has 1 saturated heterocycles. The number of nitrogens with two attached hydrogens (primary N) is 1. The highest BCUT2D eigenvalue weighted by molar-refractivity contribution is 7.89. The van der Waals surface area contributed by atoms with Gasteiger partial charge in [0.2, 0.25) is 10.0 Å². The Morgan fingerprint density at radius 1 is 1.24 bits per heavy atom. The summed E-state index contributed by atoms with van der Waals surface area (Å²) in [7, 11) is -3.28. The number of carbonyl (C=O) groups excluding carboxylic acids is 2. The molecule has 1 atom stereocenters. The number of anilines is 1. The topological polar surface area (TPSA) is 131 Å². The lowest BCUT2D eigenvalue weighted by molar-refractivity contribution is 0.0487. The maximum atomic E-state index is 13.6. The van der Waals surface area contributed by atoms with Crippen LogP contribution < -0.4 is 11.1 Å². The monoisotopic (exact) mass is 528 g/mol. The number of carbonyl (C=O) groups is 2. The van der Waals surface area contributed by atoms with Crippen LogP contribution in [0.4, 0.5) is 5.69 Å². The molecule has 11 heteroatoms. The number of aryl methyl sites for hydroxylation is 1. The zero-order chi connectivity index (χ0) is 26.7. The average Bonchev–Trinajstić information content (AvgIpc) is 3.43. The minimum Gasteiger partial charge on any atom is -0.380 e. The van der Waals surface area contributed by atoms with Gasteiger partial charge >= 0.3 is 0 Å². The highest BCUT2D eigenvalue weighted by Crippen LogP contribution is 2.38. The van der Waals surface area contributed by atoms with Crippen LogP contribution >= 0.6 is 0 Å². The van der Waals surface area contributed by atoms with Crippen LogP contribution in [0, 0.1) is 12.8 Å². The van der Waals surface area contributed by atoms with E-state index >= 15 is 0 Å². The van der Waals surface area contributed by atoms with Gasteiger partial charge in [-0.15, -0.1) is 0 Å². The highest BCUT2D eigenvalue weighted by atomic mass is 32.2. The van der Waals surface area contributed by atoms with Gasteiger partial charge in [-0.1, -0.05) is 0 Å². The summed E-state index contributed by atoms with van der Waals surface area (Å²) in [4.78, 5) is 27.8. The fraction of sp³-hybridized carbons (Fsp3) is 0.577. The van der Waals surface area contributed by atoms with Gasteiger partial charge < -0.3 is 16.0 Å². The second kappa shape index (κ2) is 9.13. The van der Waals surface area contributed by atoms with Gasteiger partial charge in [-0.25, -0.2) is 13.1 Å². The largest absolute Gasteiger partial charge is 0.380 e. The third-order valence-corrected chi connectivity index (χ3v) is 9.71. The average molecular weight is 529 g/mol. The van der Waals surface area contributed by atoms with Crippen LogP contribution in [-0.4, -0.2) is 76.2 Å². The van der Waals surface area contributed by atoms with Crippen LogP contribution in [0.15, 0.2) is 18.2 Å². The number of benzene rings is 1. The number of primary amides is 1. The van der Waals surface area contributed by atoms with Crippen molar-refractivity contribution in [1.29, 1.82) is 0 Å². The highest BCUT2D eigenvalue weighted by Gasteiger charge is 2.43. The van der Waals surface area contributed by atoms with Crippen molar-refractivity contribution in [2.45, 2.75) is 65.0 Å². The van der Waals surface area contributed by atoms with Crippen LogP contribution in [0.2, 0.25) is 0 Å². The summed E-state index contributed by atoms with van der Waals surface area (Å²) in [5, 5.41) is 8.10. The van der Waals surface area contributed by atoms with Crippen LogP contribution in [0.3, 0.4) is 0 Å². The number of amides is 2. The molecule has 1 aromatic carbocycles. The number of fused-ring (bicyclic) bond motifs is 1. The van der Waals surface area contributed by atoms with Crippen molar-refractivity contribution in [2.24, 2.45) is 11.7 Å². The summed E-state index contributed by atoms with van der Waals surface area (Å²) in [5.74, 6) is 0.0976. The lowest BCUT2D eigenvalue weighted by Crippen LogP contribution is -2.53. The molecular weight excluding hydrogens is 492 g/mol. The van der Waals surface area contributed by atoms with Crippen molar-refractivity contribution in [3.05, 3.63) is 40.7 Å². The molecular formula is C26H36N6O4S. The third-order valence-electron chi connectivity index (χ3n) is 7.87. The number of hydrogen-bond acceptors (Lipinski definition) is 6. The van der Waals surface area contributed by atoms with Crippen molar-refractivity contribution in [3.63, 3.8) is 0 Å². The summed E-state index contributed by atoms with van der Waals surface area (Å²) in [6, 6.07) is 5.11. The third kappa shape index (κ3) is 4.74. The van der Waals surface area contributed by atoms with E-state index in [-0.39, 0.29) is 23.2 Å². The fourth-order valence-corrected chi connectivity index (χ4v) is 6.69. The van der Waals surface area contributed by atoms with Crippen molar-refractivity contribution < 1.29 is 18.0 Å². The van der Waals surface area contributed by atoms with Crippen LogP contribution in [0.25, 0.3) is 5.69 Å². The van der Waals surface area contributed by atoms with E-state index in [0.29, 0.717) is 60.0 Å². The van der Waals surface area contributed by atoms with E-state index < -0.39 is 15.9 Å². The molecule has 3 aliphatic rings. The predicted molar refractivity (Wildman–Crippen MR) is 141 cm³/mol. The zero-order valence-electron chi connectivity index (χ0n) is 22.0. The maximum absolute atomic E-state index is 13.6. The lowest BCUT2D eigenvalue weighted by atomic mass is 9.87. The van der Waals surface area contributed by atoms with Crippen molar-refractivity contribution >= 4 is 27.5 Å². The molecule has 1 aromatic heterocycles. The van der Waals surface area contributed by atoms with Gasteiger partial charge in [0.05, 0.1) is 34.0 Å². The van der Waals surface area contributed by atoms with E-state index in [9.17, 15) is 18.0 Å². The molecule has 3 heterocycles. The number of hydrogen-bond donors (Lipinski definition) is 2. The first-order chi connectivity index (χ1) is 17.4. The Hall–Kier alpha value is -2.92. The van der Waals surface area contributed by atoms with E-state index in [0.717, 1.165) is 12.2 Å². The van der Waals surface area contributed by atoms with Crippen LogP contribution in [0.1, 0.15) is 72.1 Å². The Labute approximate surface area is 218 Å². The number of nitrogens with one attached hydrogen (secondary N) is 1. The smallest absolute Gasteiger partial charge is 0.258 e. The van der Waals surface area contributed by atoms with E-state index in [1.807, 2.05) is 17.9 Å². The normalized spacial score (nSPS) is 21.8. The molecule has 2 fully saturated rings. The molecule has 0 spiro atoms. The predicted octanol–water partition coefficient (Wildman–Crippen LogP) is 2.30. The molecule has 0 radical (unpaired) electrons. The van der Waals surface area contributed by atoms with Gasteiger partial charge in [-0.3, -0.25) is 9.59 Å². The summed E-state index contributed by atoms with van der Waals surface area (Å²) < 4.78 is 27.9. The molecule has 10 nitrogen and oxygen atoms in total. The Balaban J connectivity index is 1.48. The first kappa shape index (κ1) is 25.7. The fourth-order valence-electron chi connectivity index (χ4n) is 5.53. The zero-order valence-corrected chi connectivity index (χ0v) is 22.8. The Morgan fingerprint density at radius 2 is 1.97 bits per heavy atom.